The number of amides is 1. The van der Waals surface area contributed by atoms with Crippen LogP contribution in [-0.2, 0) is 11.3 Å². The Labute approximate surface area is 155 Å². The van der Waals surface area contributed by atoms with E-state index >= 15 is 0 Å². The highest BCUT2D eigenvalue weighted by Crippen LogP contribution is 2.42. The molecule has 9 heteroatoms. The minimum atomic E-state index is -0.851. The predicted octanol–water partition coefficient (Wildman–Crippen LogP) is 4.46. The Morgan fingerprint density at radius 1 is 1.40 bits per heavy atom. The summed E-state index contributed by atoms with van der Waals surface area (Å²) < 4.78 is 19.7. The van der Waals surface area contributed by atoms with E-state index in [9.17, 15) is 19.3 Å². The first kappa shape index (κ1) is 17.6. The third-order valence-corrected chi connectivity index (χ3v) is 4.64. The van der Waals surface area contributed by atoms with Crippen LogP contribution in [0.15, 0.2) is 34.8 Å². The molecule has 2 aromatic rings. The molecule has 0 fully saturated rings. The van der Waals surface area contributed by atoms with Crippen LogP contribution < -0.4 is 9.64 Å². The quantitative estimate of drug-likeness (QED) is 0.533. The van der Waals surface area contributed by atoms with Crippen LogP contribution in [-0.4, -0.2) is 16.9 Å². The van der Waals surface area contributed by atoms with E-state index in [1.54, 1.807) is 0 Å². The Kier molecular flexibility index (Phi) is 4.66. The Balaban J connectivity index is 2.08. The van der Waals surface area contributed by atoms with Crippen molar-refractivity contribution in [2.24, 2.45) is 0 Å². The van der Waals surface area contributed by atoms with Crippen molar-refractivity contribution < 1.29 is 18.8 Å². The summed E-state index contributed by atoms with van der Waals surface area (Å²) in [7, 11) is 0. The summed E-state index contributed by atoms with van der Waals surface area (Å²) in [6, 6.07) is 6.73. The highest BCUT2D eigenvalue weighted by molar-refractivity contribution is 9.10. The van der Waals surface area contributed by atoms with Gasteiger partial charge in [0.2, 0.25) is 0 Å². The molecule has 2 aromatic carbocycles. The summed E-state index contributed by atoms with van der Waals surface area (Å²) in [5, 5.41) is 11.4. The fourth-order valence-electron chi connectivity index (χ4n) is 2.55. The number of rotatable bonds is 3. The van der Waals surface area contributed by atoms with Crippen LogP contribution in [0.1, 0.15) is 12.5 Å². The number of carbonyl (C=O) groups excluding carboxylic acids is 1. The molecule has 0 unspecified atom stereocenters. The fourth-order valence-corrected chi connectivity index (χ4v) is 3.23. The lowest BCUT2D eigenvalue weighted by Gasteiger charge is -2.33. The lowest BCUT2D eigenvalue weighted by Crippen LogP contribution is -2.44. The Morgan fingerprint density at radius 2 is 2.12 bits per heavy atom. The second kappa shape index (κ2) is 6.61. The van der Waals surface area contributed by atoms with E-state index in [0.717, 1.165) is 0 Å². The van der Waals surface area contributed by atoms with Crippen LogP contribution in [0.5, 0.6) is 5.75 Å². The van der Waals surface area contributed by atoms with Crippen molar-refractivity contribution in [1.29, 1.82) is 0 Å². The predicted molar refractivity (Wildman–Crippen MR) is 93.5 cm³/mol. The number of hydrogen-bond donors (Lipinski definition) is 0. The summed E-state index contributed by atoms with van der Waals surface area (Å²) >= 11 is 9.02. The second-order valence-corrected chi connectivity index (χ2v) is 6.74. The molecule has 25 heavy (non-hydrogen) atoms. The molecular weight excluding hydrogens is 419 g/mol. The first-order valence-corrected chi connectivity index (χ1v) is 8.35. The Hall–Kier alpha value is -2.19. The van der Waals surface area contributed by atoms with Gasteiger partial charge in [0.15, 0.2) is 11.9 Å². The number of anilines is 1. The molecule has 1 aliphatic heterocycles. The monoisotopic (exact) mass is 428 g/mol. The maximum Gasteiger partial charge on any atom is 0.287 e. The zero-order valence-corrected chi connectivity index (χ0v) is 15.2. The number of nitro benzene ring substituents is 1. The summed E-state index contributed by atoms with van der Waals surface area (Å²) in [4.78, 5) is 24.4. The van der Waals surface area contributed by atoms with Gasteiger partial charge in [-0.3, -0.25) is 14.9 Å². The third-order valence-electron chi connectivity index (χ3n) is 3.77. The van der Waals surface area contributed by atoms with Crippen LogP contribution >= 0.6 is 27.5 Å². The number of carbonyl (C=O) groups is 1. The average Bonchev–Trinajstić information content (AvgIpc) is 2.55. The van der Waals surface area contributed by atoms with Gasteiger partial charge in [-0.05, 0) is 47.1 Å². The van der Waals surface area contributed by atoms with E-state index in [1.807, 2.05) is 0 Å². The van der Waals surface area contributed by atoms with Gasteiger partial charge < -0.3 is 9.64 Å². The zero-order chi connectivity index (χ0) is 18.3. The summed E-state index contributed by atoms with van der Waals surface area (Å²) in [5.74, 6) is -0.698. The summed E-state index contributed by atoms with van der Waals surface area (Å²) in [5.41, 5.74) is 0.365. The van der Waals surface area contributed by atoms with Gasteiger partial charge in [-0.15, -0.1) is 0 Å². The van der Waals surface area contributed by atoms with Crippen molar-refractivity contribution in [3.05, 3.63) is 61.3 Å². The standard InChI is InChI=1S/C16H11BrClFN2O4/c1-8-16(22)20(7-9-4-10(18)2-3-12(9)19)14-5-11(17)13(21(23)24)6-15(14)25-8/h2-6,8H,7H2,1H3/t8-/m1/s1. The van der Waals surface area contributed by atoms with E-state index in [-0.39, 0.29) is 33.9 Å². The van der Waals surface area contributed by atoms with Gasteiger partial charge >= 0.3 is 0 Å². The number of benzene rings is 2. The molecule has 0 saturated heterocycles. The van der Waals surface area contributed by atoms with Crippen molar-refractivity contribution in [2.45, 2.75) is 19.6 Å². The van der Waals surface area contributed by atoms with Gasteiger partial charge in [-0.1, -0.05) is 11.6 Å². The molecule has 1 atom stereocenters. The van der Waals surface area contributed by atoms with Gasteiger partial charge in [-0.25, -0.2) is 4.39 Å². The lowest BCUT2D eigenvalue weighted by molar-refractivity contribution is -0.385. The lowest BCUT2D eigenvalue weighted by atomic mass is 10.1. The van der Waals surface area contributed by atoms with Gasteiger partial charge in [-0.2, -0.15) is 0 Å². The molecule has 130 valence electrons. The summed E-state index contributed by atoms with van der Waals surface area (Å²) in [6.07, 6.45) is -0.851. The van der Waals surface area contributed by atoms with E-state index in [4.69, 9.17) is 16.3 Å². The molecule has 0 aromatic heterocycles. The van der Waals surface area contributed by atoms with Crippen LogP contribution in [0, 0.1) is 15.9 Å². The number of ether oxygens (including phenoxy) is 1. The van der Waals surface area contributed by atoms with E-state index in [0.29, 0.717) is 10.7 Å². The Bertz CT molecular complexity index is 893. The molecule has 1 amide bonds. The fraction of sp³-hybridized carbons (Fsp3) is 0.188. The topological polar surface area (TPSA) is 72.7 Å². The van der Waals surface area contributed by atoms with Gasteiger partial charge in [0.05, 0.1) is 27.7 Å². The van der Waals surface area contributed by atoms with Crippen molar-refractivity contribution >= 4 is 44.8 Å². The molecular formula is C16H11BrClFN2O4. The zero-order valence-electron chi connectivity index (χ0n) is 12.8. The molecule has 0 aliphatic carbocycles. The van der Waals surface area contributed by atoms with E-state index in [1.165, 1.54) is 42.2 Å². The highest BCUT2D eigenvalue weighted by Gasteiger charge is 2.34. The van der Waals surface area contributed by atoms with E-state index < -0.39 is 16.8 Å². The molecule has 6 nitrogen and oxygen atoms in total. The van der Waals surface area contributed by atoms with Gasteiger partial charge in [0, 0.05) is 10.6 Å². The molecule has 0 radical (unpaired) electrons. The van der Waals surface area contributed by atoms with Gasteiger partial charge in [0.1, 0.15) is 5.82 Å². The molecule has 1 heterocycles. The molecule has 0 N–H and O–H groups in total. The van der Waals surface area contributed by atoms with Crippen LogP contribution in [0.2, 0.25) is 5.02 Å². The van der Waals surface area contributed by atoms with Crippen LogP contribution in [0.3, 0.4) is 0 Å². The average molecular weight is 430 g/mol. The highest BCUT2D eigenvalue weighted by atomic mass is 79.9. The van der Waals surface area contributed by atoms with Crippen LogP contribution in [0.25, 0.3) is 0 Å². The maximum absolute atomic E-state index is 14.0. The number of nitrogens with zero attached hydrogens (tertiary/aromatic N) is 2. The number of nitro groups is 1. The smallest absolute Gasteiger partial charge is 0.287 e. The molecule has 0 saturated carbocycles. The van der Waals surface area contributed by atoms with E-state index in [2.05, 4.69) is 15.9 Å². The first-order valence-electron chi connectivity index (χ1n) is 7.18. The Morgan fingerprint density at radius 3 is 2.80 bits per heavy atom. The minimum absolute atomic E-state index is 0.0732. The molecule has 1 aliphatic rings. The minimum Gasteiger partial charge on any atom is -0.478 e. The van der Waals surface area contributed by atoms with Crippen molar-refractivity contribution in [1.82, 2.24) is 0 Å². The van der Waals surface area contributed by atoms with Crippen LogP contribution in [0.4, 0.5) is 15.8 Å². The third kappa shape index (κ3) is 3.32. The molecule has 3 rings (SSSR count). The molecule has 0 spiro atoms. The number of fused-ring (bicyclic) bond motifs is 1. The van der Waals surface area contributed by atoms with Crippen molar-refractivity contribution in [2.75, 3.05) is 4.90 Å². The van der Waals surface area contributed by atoms with Crippen molar-refractivity contribution in [3.8, 4) is 5.75 Å². The number of hydrogen-bond acceptors (Lipinski definition) is 4. The molecule has 0 bridgehead atoms. The summed E-state index contributed by atoms with van der Waals surface area (Å²) in [6.45, 7) is 1.46. The first-order chi connectivity index (χ1) is 11.8. The maximum atomic E-state index is 14.0. The van der Waals surface area contributed by atoms with Crippen molar-refractivity contribution in [3.63, 3.8) is 0 Å². The number of halogens is 3. The second-order valence-electron chi connectivity index (χ2n) is 5.45. The largest absolute Gasteiger partial charge is 0.478 e. The van der Waals surface area contributed by atoms with Gasteiger partial charge in [0.25, 0.3) is 11.6 Å². The SMILES string of the molecule is C[C@H]1Oc2cc([N+](=O)[O-])c(Br)cc2N(Cc2cc(Cl)ccc2F)C1=O. The normalized spacial score (nSPS) is 16.4.